The Bertz CT molecular complexity index is 564. The van der Waals surface area contributed by atoms with Gasteiger partial charge in [0.1, 0.15) is 6.10 Å². The summed E-state index contributed by atoms with van der Waals surface area (Å²) in [4.78, 5) is 26.6. The van der Waals surface area contributed by atoms with Gasteiger partial charge in [-0.3, -0.25) is 14.9 Å². The number of benzene rings is 1. The molecule has 2 fully saturated rings. The number of rotatable bonds is 3. The van der Waals surface area contributed by atoms with Gasteiger partial charge in [0, 0.05) is 50.6 Å². The maximum absolute atomic E-state index is 12.3. The third kappa shape index (κ3) is 3.04. The van der Waals surface area contributed by atoms with Crippen molar-refractivity contribution < 1.29 is 14.5 Å². The van der Waals surface area contributed by atoms with Crippen LogP contribution in [0.5, 0.6) is 0 Å². The predicted molar refractivity (Wildman–Crippen MR) is 80.9 cm³/mol. The summed E-state index contributed by atoms with van der Waals surface area (Å²) < 4.78 is 5.44. The molecular formula is C15H19N3O4. The van der Waals surface area contributed by atoms with Crippen LogP contribution in [0.2, 0.25) is 0 Å². The van der Waals surface area contributed by atoms with Crippen LogP contribution < -0.4 is 4.90 Å². The number of ether oxygens (including phenoxy) is 1. The van der Waals surface area contributed by atoms with E-state index in [4.69, 9.17) is 4.74 Å². The Balaban J connectivity index is 1.60. The number of hydrogen-bond donors (Lipinski definition) is 0. The molecule has 3 rings (SSSR count). The second-order valence-corrected chi connectivity index (χ2v) is 5.59. The van der Waals surface area contributed by atoms with Gasteiger partial charge in [0.15, 0.2) is 0 Å². The summed E-state index contributed by atoms with van der Waals surface area (Å²) in [6.07, 6.45) is 1.48. The zero-order valence-electron chi connectivity index (χ0n) is 12.3. The molecule has 0 saturated carbocycles. The molecule has 118 valence electrons. The molecule has 7 heteroatoms. The third-order valence-corrected chi connectivity index (χ3v) is 4.20. The highest BCUT2D eigenvalue weighted by Gasteiger charge is 2.30. The lowest BCUT2D eigenvalue weighted by atomic mass is 10.2. The van der Waals surface area contributed by atoms with E-state index < -0.39 is 0 Å². The summed E-state index contributed by atoms with van der Waals surface area (Å²) in [5.41, 5.74) is 0.925. The predicted octanol–water partition coefficient (Wildman–Crippen LogP) is 1.42. The molecule has 0 N–H and O–H groups in total. The minimum Gasteiger partial charge on any atom is -0.368 e. The van der Waals surface area contributed by atoms with E-state index in [0.717, 1.165) is 18.5 Å². The lowest BCUT2D eigenvalue weighted by Gasteiger charge is -2.36. The van der Waals surface area contributed by atoms with Crippen LogP contribution in [0.3, 0.4) is 0 Å². The van der Waals surface area contributed by atoms with Gasteiger partial charge in [-0.05, 0) is 18.9 Å². The molecule has 1 aromatic carbocycles. The number of nitro groups is 1. The van der Waals surface area contributed by atoms with Crippen molar-refractivity contribution in [2.45, 2.75) is 18.9 Å². The molecule has 2 aliphatic rings. The SMILES string of the molecule is O=C([C@@H]1CCCO1)N1CCN(c2cccc([N+](=O)[O-])c2)CC1. The molecule has 0 aliphatic carbocycles. The molecule has 2 heterocycles. The second-order valence-electron chi connectivity index (χ2n) is 5.59. The van der Waals surface area contributed by atoms with Crippen LogP contribution in [0, 0.1) is 10.1 Å². The molecule has 0 aromatic heterocycles. The summed E-state index contributed by atoms with van der Waals surface area (Å²) in [6.45, 7) is 3.28. The van der Waals surface area contributed by atoms with Crippen LogP contribution in [0.15, 0.2) is 24.3 Å². The molecule has 2 aliphatic heterocycles. The monoisotopic (exact) mass is 305 g/mol. The fourth-order valence-corrected chi connectivity index (χ4v) is 2.96. The number of carbonyl (C=O) groups excluding carboxylic acids is 1. The van der Waals surface area contributed by atoms with Crippen molar-refractivity contribution in [1.82, 2.24) is 4.90 Å². The first-order chi connectivity index (χ1) is 10.6. The van der Waals surface area contributed by atoms with Crippen LogP contribution in [0.4, 0.5) is 11.4 Å². The van der Waals surface area contributed by atoms with Gasteiger partial charge in [-0.15, -0.1) is 0 Å². The van der Waals surface area contributed by atoms with E-state index in [9.17, 15) is 14.9 Å². The quantitative estimate of drug-likeness (QED) is 0.623. The standard InChI is InChI=1S/C15H19N3O4/c19-15(14-5-2-10-22-14)17-8-6-16(7-9-17)12-3-1-4-13(11-12)18(20)21/h1,3-4,11,14H,2,5-10H2/t14-/m0/s1. The molecule has 1 amide bonds. The molecule has 0 radical (unpaired) electrons. The molecule has 0 spiro atoms. The van der Waals surface area contributed by atoms with Crippen molar-refractivity contribution in [1.29, 1.82) is 0 Å². The van der Waals surface area contributed by atoms with Crippen LogP contribution in [-0.4, -0.2) is 54.6 Å². The van der Waals surface area contributed by atoms with Crippen LogP contribution in [0.25, 0.3) is 0 Å². The smallest absolute Gasteiger partial charge is 0.271 e. The van der Waals surface area contributed by atoms with Gasteiger partial charge in [-0.1, -0.05) is 6.07 Å². The highest BCUT2D eigenvalue weighted by Crippen LogP contribution is 2.23. The maximum Gasteiger partial charge on any atom is 0.271 e. The Morgan fingerprint density at radius 2 is 2.05 bits per heavy atom. The van der Waals surface area contributed by atoms with E-state index >= 15 is 0 Å². The van der Waals surface area contributed by atoms with Gasteiger partial charge in [0.2, 0.25) is 0 Å². The first-order valence-corrected chi connectivity index (χ1v) is 7.55. The van der Waals surface area contributed by atoms with E-state index in [-0.39, 0.29) is 22.6 Å². The highest BCUT2D eigenvalue weighted by molar-refractivity contribution is 5.81. The number of hydrogen-bond acceptors (Lipinski definition) is 5. The lowest BCUT2D eigenvalue weighted by Crippen LogP contribution is -2.51. The number of nitrogens with zero attached hydrogens (tertiary/aromatic N) is 3. The van der Waals surface area contributed by atoms with E-state index in [1.165, 1.54) is 6.07 Å². The Labute approximate surface area is 128 Å². The summed E-state index contributed by atoms with van der Waals surface area (Å²) in [5, 5.41) is 10.8. The average Bonchev–Trinajstić information content (AvgIpc) is 3.09. The first kappa shape index (κ1) is 14.8. The zero-order chi connectivity index (χ0) is 15.5. The lowest BCUT2D eigenvalue weighted by molar-refractivity contribution is -0.384. The Morgan fingerprint density at radius 1 is 1.27 bits per heavy atom. The fraction of sp³-hybridized carbons (Fsp3) is 0.533. The topological polar surface area (TPSA) is 75.9 Å². The van der Waals surface area contributed by atoms with Crippen LogP contribution in [-0.2, 0) is 9.53 Å². The van der Waals surface area contributed by atoms with E-state index in [0.29, 0.717) is 32.8 Å². The molecule has 22 heavy (non-hydrogen) atoms. The van der Waals surface area contributed by atoms with Crippen molar-refractivity contribution >= 4 is 17.3 Å². The van der Waals surface area contributed by atoms with Crippen molar-refractivity contribution in [2.24, 2.45) is 0 Å². The van der Waals surface area contributed by atoms with Gasteiger partial charge >= 0.3 is 0 Å². The summed E-state index contributed by atoms with van der Waals surface area (Å²) in [5.74, 6) is 0.0798. The van der Waals surface area contributed by atoms with Gasteiger partial charge in [0.25, 0.3) is 11.6 Å². The summed E-state index contributed by atoms with van der Waals surface area (Å²) in [6, 6.07) is 6.63. The number of amides is 1. The number of nitro benzene ring substituents is 1. The minimum absolute atomic E-state index is 0.0798. The van der Waals surface area contributed by atoms with E-state index in [1.54, 1.807) is 12.1 Å². The van der Waals surface area contributed by atoms with Crippen molar-refractivity contribution in [2.75, 3.05) is 37.7 Å². The first-order valence-electron chi connectivity index (χ1n) is 7.55. The van der Waals surface area contributed by atoms with Gasteiger partial charge in [0.05, 0.1) is 4.92 Å². The largest absolute Gasteiger partial charge is 0.368 e. The van der Waals surface area contributed by atoms with Crippen LogP contribution >= 0.6 is 0 Å². The fourth-order valence-electron chi connectivity index (χ4n) is 2.96. The number of carbonyl (C=O) groups is 1. The summed E-state index contributed by atoms with van der Waals surface area (Å²) in [7, 11) is 0. The molecule has 0 unspecified atom stereocenters. The van der Waals surface area contributed by atoms with E-state index in [2.05, 4.69) is 4.90 Å². The van der Waals surface area contributed by atoms with Crippen LogP contribution in [0.1, 0.15) is 12.8 Å². The molecule has 7 nitrogen and oxygen atoms in total. The highest BCUT2D eigenvalue weighted by atomic mass is 16.6. The number of non-ortho nitro benzene ring substituents is 1. The number of piperazine rings is 1. The third-order valence-electron chi connectivity index (χ3n) is 4.20. The minimum atomic E-state index is -0.388. The Morgan fingerprint density at radius 3 is 2.68 bits per heavy atom. The summed E-state index contributed by atoms with van der Waals surface area (Å²) >= 11 is 0. The molecule has 0 bridgehead atoms. The Kier molecular flexibility index (Phi) is 4.24. The van der Waals surface area contributed by atoms with Gasteiger partial charge in [-0.25, -0.2) is 0 Å². The van der Waals surface area contributed by atoms with Gasteiger partial charge in [-0.2, -0.15) is 0 Å². The van der Waals surface area contributed by atoms with Crippen molar-refractivity contribution in [3.8, 4) is 0 Å². The molecular weight excluding hydrogens is 286 g/mol. The second kappa shape index (κ2) is 6.31. The molecule has 2 saturated heterocycles. The van der Waals surface area contributed by atoms with E-state index in [1.807, 2.05) is 11.0 Å². The number of anilines is 1. The van der Waals surface area contributed by atoms with Crippen molar-refractivity contribution in [3.05, 3.63) is 34.4 Å². The molecule has 1 atom stereocenters. The normalized spacial score (nSPS) is 21.9. The van der Waals surface area contributed by atoms with Crippen molar-refractivity contribution in [3.63, 3.8) is 0 Å². The Hall–Kier alpha value is -2.15. The molecule has 1 aromatic rings. The zero-order valence-corrected chi connectivity index (χ0v) is 12.3. The average molecular weight is 305 g/mol. The maximum atomic E-state index is 12.3. The van der Waals surface area contributed by atoms with Gasteiger partial charge < -0.3 is 14.5 Å².